The SMILES string of the molecule is CC(C)N1[C@H]2CCNc3ccccc3CN(C(=O)c3ccc(=O)n(C)c3)C[C@@H]1CC2. The van der Waals surface area contributed by atoms with Crippen LogP contribution in [0.4, 0.5) is 5.69 Å². The number of carbonyl (C=O) groups excluding carboxylic acids is 1. The number of benzene rings is 1. The van der Waals surface area contributed by atoms with Gasteiger partial charge in [0.15, 0.2) is 0 Å². The van der Waals surface area contributed by atoms with Gasteiger partial charge in [-0.3, -0.25) is 14.5 Å². The van der Waals surface area contributed by atoms with Crippen molar-refractivity contribution in [3.63, 3.8) is 0 Å². The molecule has 1 amide bonds. The number of rotatable bonds is 2. The van der Waals surface area contributed by atoms with Gasteiger partial charge in [0.1, 0.15) is 0 Å². The fourth-order valence-corrected chi connectivity index (χ4v) is 5.09. The van der Waals surface area contributed by atoms with E-state index >= 15 is 0 Å². The van der Waals surface area contributed by atoms with Crippen molar-refractivity contribution in [1.29, 1.82) is 0 Å². The highest BCUT2D eigenvalue weighted by molar-refractivity contribution is 5.94. The molecule has 160 valence electrons. The number of pyridine rings is 1. The summed E-state index contributed by atoms with van der Waals surface area (Å²) < 4.78 is 1.47. The number of fused-ring (bicyclic) bond motifs is 3. The Morgan fingerprint density at radius 2 is 1.83 bits per heavy atom. The van der Waals surface area contributed by atoms with Crippen LogP contribution in [0.15, 0.2) is 47.4 Å². The average molecular weight is 409 g/mol. The molecule has 4 rings (SSSR count). The quantitative estimate of drug-likeness (QED) is 0.830. The van der Waals surface area contributed by atoms with Gasteiger partial charge in [0.05, 0.1) is 5.56 Å². The summed E-state index contributed by atoms with van der Waals surface area (Å²) in [6.45, 7) is 6.70. The van der Waals surface area contributed by atoms with E-state index in [0.29, 0.717) is 36.8 Å². The highest BCUT2D eigenvalue weighted by Gasteiger charge is 2.37. The first kappa shape index (κ1) is 20.7. The van der Waals surface area contributed by atoms with E-state index in [2.05, 4.69) is 36.2 Å². The number of nitrogens with zero attached hydrogens (tertiary/aromatic N) is 3. The summed E-state index contributed by atoms with van der Waals surface area (Å²) >= 11 is 0. The van der Waals surface area contributed by atoms with E-state index in [-0.39, 0.29) is 11.5 Å². The molecule has 6 heteroatoms. The van der Waals surface area contributed by atoms with Gasteiger partial charge in [-0.2, -0.15) is 0 Å². The molecular formula is C24H32N4O2. The lowest BCUT2D eigenvalue weighted by molar-refractivity contribution is 0.0633. The zero-order valence-corrected chi connectivity index (χ0v) is 18.2. The first-order chi connectivity index (χ1) is 14.4. The van der Waals surface area contributed by atoms with E-state index in [1.54, 1.807) is 19.3 Å². The van der Waals surface area contributed by atoms with E-state index in [1.165, 1.54) is 17.1 Å². The third-order valence-electron chi connectivity index (χ3n) is 6.50. The van der Waals surface area contributed by atoms with Crippen LogP contribution >= 0.6 is 0 Å². The monoisotopic (exact) mass is 408 g/mol. The zero-order valence-electron chi connectivity index (χ0n) is 18.2. The molecule has 6 nitrogen and oxygen atoms in total. The molecule has 2 aromatic rings. The van der Waals surface area contributed by atoms with Gasteiger partial charge in [-0.15, -0.1) is 0 Å². The highest BCUT2D eigenvalue weighted by atomic mass is 16.2. The van der Waals surface area contributed by atoms with Crippen molar-refractivity contribution in [2.75, 3.05) is 18.4 Å². The predicted molar refractivity (Wildman–Crippen MR) is 120 cm³/mol. The molecule has 2 atom stereocenters. The van der Waals surface area contributed by atoms with Crippen molar-refractivity contribution in [3.05, 3.63) is 64.1 Å². The summed E-state index contributed by atoms with van der Waals surface area (Å²) in [4.78, 5) is 29.9. The lowest BCUT2D eigenvalue weighted by atomic mass is 10.1. The topological polar surface area (TPSA) is 57.6 Å². The molecule has 0 aliphatic carbocycles. The van der Waals surface area contributed by atoms with Crippen LogP contribution in [0.2, 0.25) is 0 Å². The van der Waals surface area contributed by atoms with Crippen LogP contribution in [0.3, 0.4) is 0 Å². The van der Waals surface area contributed by atoms with Gasteiger partial charge < -0.3 is 14.8 Å². The molecule has 1 aromatic carbocycles. The molecule has 1 N–H and O–H groups in total. The lowest BCUT2D eigenvalue weighted by Crippen LogP contribution is -2.48. The molecule has 0 unspecified atom stereocenters. The maximum absolute atomic E-state index is 13.5. The van der Waals surface area contributed by atoms with E-state index in [9.17, 15) is 9.59 Å². The minimum absolute atomic E-state index is 0.0215. The predicted octanol–water partition coefficient (Wildman–Crippen LogP) is 3.08. The molecule has 1 fully saturated rings. The molecule has 0 radical (unpaired) electrons. The van der Waals surface area contributed by atoms with Crippen molar-refractivity contribution in [1.82, 2.24) is 14.4 Å². The number of aryl methyl sites for hydroxylation is 1. The van der Waals surface area contributed by atoms with E-state index in [0.717, 1.165) is 30.6 Å². The van der Waals surface area contributed by atoms with E-state index < -0.39 is 0 Å². The van der Waals surface area contributed by atoms with E-state index in [4.69, 9.17) is 0 Å². The van der Waals surface area contributed by atoms with Gasteiger partial charge in [-0.05, 0) is 50.8 Å². The summed E-state index contributed by atoms with van der Waals surface area (Å²) in [7, 11) is 1.69. The Kier molecular flexibility index (Phi) is 5.95. The number of hydrogen-bond acceptors (Lipinski definition) is 4. The number of carbonyl (C=O) groups is 1. The Labute approximate surface area is 178 Å². The van der Waals surface area contributed by atoms with Gasteiger partial charge in [-0.1, -0.05) is 18.2 Å². The largest absolute Gasteiger partial charge is 0.385 e. The number of hydrogen-bond donors (Lipinski definition) is 1. The third kappa shape index (κ3) is 4.15. The van der Waals surface area contributed by atoms with Gasteiger partial charge in [-0.25, -0.2) is 0 Å². The Hall–Kier alpha value is -2.60. The second-order valence-corrected chi connectivity index (χ2v) is 8.85. The maximum atomic E-state index is 13.5. The van der Waals surface area contributed by atoms with Crippen LogP contribution < -0.4 is 10.9 Å². The summed E-state index contributed by atoms with van der Waals surface area (Å²) in [5.41, 5.74) is 2.68. The molecule has 2 aliphatic rings. The van der Waals surface area contributed by atoms with Gasteiger partial charge in [0.2, 0.25) is 5.56 Å². The number of nitrogens with one attached hydrogen (secondary N) is 1. The van der Waals surface area contributed by atoms with Crippen LogP contribution in [-0.4, -0.2) is 51.5 Å². The normalized spacial score (nSPS) is 22.3. The molecule has 2 aliphatic heterocycles. The van der Waals surface area contributed by atoms with E-state index in [1.807, 2.05) is 17.0 Å². The smallest absolute Gasteiger partial charge is 0.255 e. The Morgan fingerprint density at radius 1 is 1.07 bits per heavy atom. The Bertz CT molecular complexity index is 968. The van der Waals surface area contributed by atoms with Crippen LogP contribution in [0, 0.1) is 0 Å². The summed E-state index contributed by atoms with van der Waals surface area (Å²) in [6, 6.07) is 12.7. The van der Waals surface area contributed by atoms with Gasteiger partial charge >= 0.3 is 0 Å². The summed E-state index contributed by atoms with van der Waals surface area (Å²) in [5.74, 6) is -0.0215. The molecule has 0 saturated carbocycles. The van der Waals surface area contributed by atoms with Crippen LogP contribution in [0.1, 0.15) is 49.0 Å². The summed E-state index contributed by atoms with van der Waals surface area (Å²) in [6.07, 6.45) is 5.05. The van der Waals surface area contributed by atoms with Crippen molar-refractivity contribution in [3.8, 4) is 0 Å². The molecule has 2 bridgehead atoms. The fourth-order valence-electron chi connectivity index (χ4n) is 5.09. The minimum atomic E-state index is -0.108. The second-order valence-electron chi connectivity index (χ2n) is 8.85. The van der Waals surface area contributed by atoms with Crippen LogP contribution in [-0.2, 0) is 13.6 Å². The molecule has 0 spiro atoms. The number of anilines is 1. The molecular weight excluding hydrogens is 376 g/mol. The second kappa shape index (κ2) is 8.64. The Balaban J connectivity index is 1.71. The molecule has 3 heterocycles. The van der Waals surface area contributed by atoms with Crippen molar-refractivity contribution < 1.29 is 4.79 Å². The minimum Gasteiger partial charge on any atom is -0.385 e. The van der Waals surface area contributed by atoms with Gasteiger partial charge in [0.25, 0.3) is 5.91 Å². The van der Waals surface area contributed by atoms with Gasteiger partial charge in [0, 0.05) is 62.8 Å². The van der Waals surface area contributed by atoms with Crippen molar-refractivity contribution in [2.24, 2.45) is 7.05 Å². The number of para-hydroxylation sites is 1. The van der Waals surface area contributed by atoms with Crippen molar-refractivity contribution >= 4 is 11.6 Å². The average Bonchev–Trinajstić information content (AvgIpc) is 3.11. The number of aromatic nitrogens is 1. The zero-order chi connectivity index (χ0) is 21.3. The fraction of sp³-hybridized carbons (Fsp3) is 0.500. The van der Waals surface area contributed by atoms with Crippen LogP contribution in [0.25, 0.3) is 0 Å². The first-order valence-electron chi connectivity index (χ1n) is 11.0. The Morgan fingerprint density at radius 3 is 2.60 bits per heavy atom. The molecule has 1 aromatic heterocycles. The third-order valence-corrected chi connectivity index (χ3v) is 6.50. The summed E-state index contributed by atoms with van der Waals surface area (Å²) in [5, 5.41) is 3.61. The van der Waals surface area contributed by atoms with Crippen molar-refractivity contribution in [2.45, 2.75) is 57.8 Å². The number of amides is 1. The maximum Gasteiger partial charge on any atom is 0.255 e. The standard InChI is InChI=1S/C24H32N4O2/c1-17(2)28-20-9-10-21(28)16-27(24(30)19-8-11-23(29)26(3)14-19)15-18-6-4-5-7-22(18)25-13-12-20/h4-8,11,14,17,20-21,25H,9-10,12-13,15-16H2,1-3H3/t20-,21+/m1/s1. The molecule has 1 saturated heterocycles. The lowest BCUT2D eigenvalue weighted by Gasteiger charge is -2.36. The van der Waals surface area contributed by atoms with Crippen LogP contribution in [0.5, 0.6) is 0 Å². The highest BCUT2D eigenvalue weighted by Crippen LogP contribution is 2.31. The molecule has 30 heavy (non-hydrogen) atoms. The first-order valence-corrected chi connectivity index (χ1v) is 11.0.